The normalized spacial score (nSPS) is 13.9. The lowest BCUT2D eigenvalue weighted by Crippen LogP contribution is -2.29. The van der Waals surface area contributed by atoms with Gasteiger partial charge in [-0.3, -0.25) is 18.6 Å². The molecule has 0 aliphatic carbocycles. The SMILES string of the molecule is CC/C=C\C/C=C\C/C=C\C/C=C\C/C=C\C/C=C\CCCCCCC(=O)OC(COC(=O)CCCCCCCCCCCCCCCCCCCC/C=C\C/C=C\C/C=C\C/C=C\CC)COP(=O)(O)OCCN. The Balaban J connectivity index is 3.98. The number of esters is 2. The summed E-state index contributed by atoms with van der Waals surface area (Å²) in [6, 6.07) is 0. The summed E-state index contributed by atoms with van der Waals surface area (Å²) >= 11 is 0. The fourth-order valence-corrected chi connectivity index (χ4v) is 8.75. The fraction of sp³-hybridized carbons (Fsp3) is 0.662. The second-order valence-corrected chi connectivity index (χ2v) is 20.9. The molecule has 0 rings (SSSR count). The number of unbranched alkanes of at least 4 members (excludes halogenated alkanes) is 22. The maximum absolute atomic E-state index is 12.7. The van der Waals surface area contributed by atoms with Gasteiger partial charge in [0.15, 0.2) is 6.10 Å². The number of carbonyl (C=O) groups is 2. The number of rotatable bonds is 55. The molecule has 0 saturated carbocycles. The minimum Gasteiger partial charge on any atom is -0.462 e. The first-order valence-corrected chi connectivity index (χ1v) is 31.5. The number of ether oxygens (including phenoxy) is 2. The van der Waals surface area contributed by atoms with E-state index in [9.17, 15) is 19.0 Å². The maximum Gasteiger partial charge on any atom is 0.472 e. The highest BCUT2D eigenvalue weighted by atomic mass is 31.2. The third-order valence-corrected chi connectivity index (χ3v) is 13.3. The summed E-state index contributed by atoms with van der Waals surface area (Å²) in [6.45, 7) is 3.49. The number of nitrogens with two attached hydrogens (primary N) is 1. The summed E-state index contributed by atoms with van der Waals surface area (Å²) < 4.78 is 33.0. The summed E-state index contributed by atoms with van der Waals surface area (Å²) in [5.74, 6) is -0.859. The predicted molar refractivity (Wildman–Crippen MR) is 321 cm³/mol. The number of allylic oxidation sites excluding steroid dienone is 20. The van der Waals surface area contributed by atoms with Crippen LogP contribution >= 0.6 is 7.82 Å². The van der Waals surface area contributed by atoms with E-state index in [1.54, 1.807) is 0 Å². The molecule has 0 bridgehead atoms. The molecular formula is C65H110NO8P. The van der Waals surface area contributed by atoms with Gasteiger partial charge in [-0.25, -0.2) is 4.57 Å². The van der Waals surface area contributed by atoms with Crippen molar-refractivity contribution in [3.8, 4) is 0 Å². The van der Waals surface area contributed by atoms with Crippen LogP contribution in [-0.4, -0.2) is 49.3 Å². The molecule has 0 spiro atoms. The molecule has 0 aliphatic rings. The van der Waals surface area contributed by atoms with Crippen LogP contribution in [0.15, 0.2) is 122 Å². The van der Waals surface area contributed by atoms with Crippen molar-refractivity contribution in [2.45, 2.75) is 251 Å². The smallest absolute Gasteiger partial charge is 0.462 e. The third kappa shape index (κ3) is 59.5. The van der Waals surface area contributed by atoms with Crippen LogP contribution in [0.25, 0.3) is 0 Å². The number of hydrogen-bond acceptors (Lipinski definition) is 8. The van der Waals surface area contributed by atoms with Crippen LogP contribution in [0.4, 0.5) is 0 Å². The van der Waals surface area contributed by atoms with Crippen LogP contribution in [0.1, 0.15) is 245 Å². The van der Waals surface area contributed by atoms with Gasteiger partial charge in [0.05, 0.1) is 13.2 Å². The molecule has 9 nitrogen and oxygen atoms in total. The topological polar surface area (TPSA) is 134 Å². The number of phosphoric ester groups is 1. The van der Waals surface area contributed by atoms with Gasteiger partial charge in [0, 0.05) is 19.4 Å². The van der Waals surface area contributed by atoms with E-state index in [4.69, 9.17) is 24.3 Å². The minimum atomic E-state index is -4.40. The van der Waals surface area contributed by atoms with Crippen molar-refractivity contribution < 1.29 is 37.6 Å². The zero-order chi connectivity index (χ0) is 54.5. The number of carbonyl (C=O) groups excluding carboxylic acids is 2. The van der Waals surface area contributed by atoms with Gasteiger partial charge in [-0.05, 0) is 103 Å². The molecule has 3 N–H and O–H groups in total. The lowest BCUT2D eigenvalue weighted by molar-refractivity contribution is -0.161. The van der Waals surface area contributed by atoms with E-state index in [1.165, 1.54) is 103 Å². The fourth-order valence-electron chi connectivity index (χ4n) is 7.98. The lowest BCUT2D eigenvalue weighted by atomic mass is 10.0. The summed E-state index contributed by atoms with van der Waals surface area (Å²) in [4.78, 5) is 35.2. The average Bonchev–Trinajstić information content (AvgIpc) is 3.40. The highest BCUT2D eigenvalue weighted by molar-refractivity contribution is 7.47. The Kier molecular flexibility index (Phi) is 56.8. The molecule has 0 aromatic carbocycles. The summed E-state index contributed by atoms with van der Waals surface area (Å²) in [5.41, 5.74) is 5.38. The quantitative estimate of drug-likeness (QED) is 0.0264. The molecule has 0 aliphatic heterocycles. The zero-order valence-corrected chi connectivity index (χ0v) is 48.6. The molecule has 0 aromatic rings. The molecule has 0 fully saturated rings. The standard InChI is InChI=1S/C65H110NO8P/c1-3-5-7-9-11-13-15-17-19-21-23-25-27-28-29-30-31-32-33-34-36-37-39-41-43-45-47-49-51-53-55-57-64(67)71-61-63(62-73-75(69,70)72-60-59-66)74-65(68)58-56-54-52-50-48-46-44-42-40-38-35-26-24-22-20-18-16-14-12-10-8-6-4-2/h5-8,11-14,17-20,23-26,38,40,44,46,63H,3-4,9-10,15-16,21-22,27-37,39,41-43,45,47-62,66H2,1-2H3,(H,69,70)/b7-5-,8-6-,13-11-,14-12-,19-17-,20-18-,25-23-,26-24-,40-38-,46-44-. The first-order valence-electron chi connectivity index (χ1n) is 30.0. The van der Waals surface area contributed by atoms with Crippen molar-refractivity contribution in [2.24, 2.45) is 5.73 Å². The van der Waals surface area contributed by atoms with Crippen LogP contribution in [0.3, 0.4) is 0 Å². The van der Waals surface area contributed by atoms with E-state index in [-0.39, 0.29) is 32.6 Å². The van der Waals surface area contributed by atoms with Gasteiger partial charge in [0.2, 0.25) is 0 Å². The van der Waals surface area contributed by atoms with Gasteiger partial charge >= 0.3 is 19.8 Å². The second kappa shape index (κ2) is 59.7. The summed E-state index contributed by atoms with van der Waals surface area (Å²) in [5, 5.41) is 0. The Hall–Kier alpha value is -3.59. The van der Waals surface area contributed by atoms with Gasteiger partial charge < -0.3 is 20.1 Å². The second-order valence-electron chi connectivity index (χ2n) is 19.5. The summed E-state index contributed by atoms with van der Waals surface area (Å²) in [7, 11) is -4.40. The minimum absolute atomic E-state index is 0.0435. The van der Waals surface area contributed by atoms with Gasteiger partial charge in [0.25, 0.3) is 0 Å². The monoisotopic (exact) mass is 1060 g/mol. The summed E-state index contributed by atoms with van der Waals surface area (Å²) in [6.07, 6.45) is 82.6. The Morgan fingerprint density at radius 1 is 0.400 bits per heavy atom. The Morgan fingerprint density at radius 2 is 0.693 bits per heavy atom. The van der Waals surface area contributed by atoms with Crippen molar-refractivity contribution in [2.75, 3.05) is 26.4 Å². The van der Waals surface area contributed by atoms with Gasteiger partial charge in [-0.15, -0.1) is 0 Å². The molecule has 75 heavy (non-hydrogen) atoms. The molecule has 0 saturated heterocycles. The maximum atomic E-state index is 12.7. The number of phosphoric acid groups is 1. The molecule has 0 aromatic heterocycles. The molecular weight excluding hydrogens is 954 g/mol. The van der Waals surface area contributed by atoms with Crippen LogP contribution in [0.2, 0.25) is 0 Å². The number of hydrogen-bond donors (Lipinski definition) is 2. The zero-order valence-electron chi connectivity index (χ0n) is 47.7. The van der Waals surface area contributed by atoms with Crippen molar-refractivity contribution in [1.82, 2.24) is 0 Å². The van der Waals surface area contributed by atoms with E-state index >= 15 is 0 Å². The van der Waals surface area contributed by atoms with E-state index in [0.29, 0.717) is 6.42 Å². The van der Waals surface area contributed by atoms with Gasteiger partial charge in [0.1, 0.15) is 6.61 Å². The van der Waals surface area contributed by atoms with Crippen LogP contribution in [0.5, 0.6) is 0 Å². The van der Waals surface area contributed by atoms with Crippen molar-refractivity contribution in [1.29, 1.82) is 0 Å². The van der Waals surface area contributed by atoms with E-state index < -0.39 is 32.5 Å². The molecule has 2 atom stereocenters. The third-order valence-electron chi connectivity index (χ3n) is 12.3. The van der Waals surface area contributed by atoms with Crippen molar-refractivity contribution in [3.05, 3.63) is 122 Å². The van der Waals surface area contributed by atoms with Crippen molar-refractivity contribution in [3.63, 3.8) is 0 Å². The highest BCUT2D eigenvalue weighted by Crippen LogP contribution is 2.43. The van der Waals surface area contributed by atoms with E-state index in [0.717, 1.165) is 109 Å². The first kappa shape index (κ1) is 71.4. The highest BCUT2D eigenvalue weighted by Gasteiger charge is 2.26. The molecule has 428 valence electrons. The van der Waals surface area contributed by atoms with Crippen LogP contribution in [0, 0.1) is 0 Å². The first-order chi connectivity index (χ1) is 36.8. The molecule has 10 heteroatoms. The van der Waals surface area contributed by atoms with Gasteiger partial charge in [-0.1, -0.05) is 251 Å². The lowest BCUT2D eigenvalue weighted by Gasteiger charge is -2.19. The van der Waals surface area contributed by atoms with Crippen molar-refractivity contribution >= 4 is 19.8 Å². The Bertz CT molecular complexity index is 1640. The Morgan fingerprint density at radius 3 is 1.03 bits per heavy atom. The molecule has 0 amide bonds. The van der Waals surface area contributed by atoms with Crippen LogP contribution in [-0.2, 0) is 32.7 Å². The molecule has 2 unspecified atom stereocenters. The molecule has 0 heterocycles. The van der Waals surface area contributed by atoms with Crippen LogP contribution < -0.4 is 5.73 Å². The van der Waals surface area contributed by atoms with E-state index in [2.05, 4.69) is 135 Å². The largest absolute Gasteiger partial charge is 0.472 e. The van der Waals surface area contributed by atoms with E-state index in [1.807, 2.05) is 0 Å². The average molecular weight is 1060 g/mol. The van der Waals surface area contributed by atoms with Gasteiger partial charge in [-0.2, -0.15) is 0 Å². The molecule has 0 radical (unpaired) electrons. The predicted octanol–water partition coefficient (Wildman–Crippen LogP) is 19.2. The Labute approximate surface area is 460 Å².